The first-order valence-electron chi connectivity index (χ1n) is 9.90. The highest BCUT2D eigenvalue weighted by Gasteiger charge is 2.37. The van der Waals surface area contributed by atoms with Crippen LogP contribution in [0.2, 0.25) is 0 Å². The van der Waals surface area contributed by atoms with Crippen molar-refractivity contribution >= 4 is 21.6 Å². The number of benzene rings is 1. The van der Waals surface area contributed by atoms with Crippen LogP contribution in [0.15, 0.2) is 23.1 Å². The molecular weight excluding hydrogens is 421 g/mol. The summed E-state index contributed by atoms with van der Waals surface area (Å²) in [7, 11) is -2.46. The molecule has 3 rings (SSSR count). The second kappa shape index (κ2) is 8.72. The molecule has 2 saturated heterocycles. The minimum absolute atomic E-state index is 0.137. The van der Waals surface area contributed by atoms with Gasteiger partial charge in [-0.05, 0) is 44.0 Å². The Morgan fingerprint density at radius 2 is 1.70 bits per heavy atom. The van der Waals surface area contributed by atoms with Gasteiger partial charge in [-0.25, -0.2) is 13.6 Å². The zero-order valence-electron chi connectivity index (χ0n) is 16.9. The zero-order valence-corrected chi connectivity index (χ0v) is 17.7. The van der Waals surface area contributed by atoms with Crippen molar-refractivity contribution in [2.24, 2.45) is 11.1 Å². The van der Waals surface area contributed by atoms with Crippen LogP contribution in [0.5, 0.6) is 0 Å². The minimum atomic E-state index is -4.83. The molecule has 0 bridgehead atoms. The largest absolute Gasteiger partial charge is 0.417 e. The van der Waals surface area contributed by atoms with E-state index in [4.69, 9.17) is 5.14 Å². The van der Waals surface area contributed by atoms with Gasteiger partial charge in [0, 0.05) is 51.4 Å². The second-order valence-electron chi connectivity index (χ2n) is 8.04. The number of alkyl halides is 3. The van der Waals surface area contributed by atoms with Gasteiger partial charge in [0.25, 0.3) is 0 Å². The summed E-state index contributed by atoms with van der Waals surface area (Å²) in [5, 5.41) is 4.94. The number of hydrogen-bond donors (Lipinski definition) is 1. The number of sulfonamides is 1. The fraction of sp³-hybridized carbons (Fsp3) is 0.632. The molecule has 0 saturated carbocycles. The van der Waals surface area contributed by atoms with Gasteiger partial charge >= 0.3 is 6.18 Å². The summed E-state index contributed by atoms with van der Waals surface area (Å²) in [5.41, 5.74) is -0.951. The predicted molar refractivity (Wildman–Crippen MR) is 106 cm³/mol. The Balaban J connectivity index is 1.63. The smallest absolute Gasteiger partial charge is 0.372 e. The number of primary sulfonamides is 1. The van der Waals surface area contributed by atoms with Gasteiger partial charge in [-0.2, -0.15) is 13.2 Å². The van der Waals surface area contributed by atoms with Crippen LogP contribution in [-0.4, -0.2) is 70.4 Å². The molecule has 2 aliphatic rings. The lowest BCUT2D eigenvalue weighted by atomic mass is 9.92. The van der Waals surface area contributed by atoms with E-state index in [1.54, 1.807) is 4.90 Å². The average molecular weight is 449 g/mol. The third-order valence-corrected chi connectivity index (χ3v) is 6.84. The van der Waals surface area contributed by atoms with Gasteiger partial charge in [-0.15, -0.1) is 0 Å². The molecule has 30 heavy (non-hydrogen) atoms. The van der Waals surface area contributed by atoms with Crippen LogP contribution >= 0.6 is 0 Å². The Morgan fingerprint density at radius 3 is 2.23 bits per heavy atom. The van der Waals surface area contributed by atoms with Crippen LogP contribution < -0.4 is 10.0 Å². The first-order chi connectivity index (χ1) is 13.9. The van der Waals surface area contributed by atoms with Crippen molar-refractivity contribution in [3.63, 3.8) is 0 Å². The van der Waals surface area contributed by atoms with E-state index in [0.29, 0.717) is 38.0 Å². The Bertz CT molecular complexity index is 876. The Kier molecular flexibility index (Phi) is 6.63. The number of piperidine rings is 1. The molecule has 2 N–H and O–H groups in total. The number of carbonyl (C=O) groups excluding carboxylic acids is 1. The molecule has 1 amide bonds. The van der Waals surface area contributed by atoms with E-state index in [2.05, 4.69) is 4.90 Å². The summed E-state index contributed by atoms with van der Waals surface area (Å²) >= 11 is 0. The first kappa shape index (κ1) is 22.8. The van der Waals surface area contributed by atoms with Gasteiger partial charge in [0.1, 0.15) is 0 Å². The minimum Gasteiger partial charge on any atom is -0.372 e. The van der Waals surface area contributed by atoms with Crippen molar-refractivity contribution in [2.75, 3.05) is 51.2 Å². The number of rotatable bonds is 4. The molecule has 11 heteroatoms. The van der Waals surface area contributed by atoms with E-state index in [9.17, 15) is 26.4 Å². The molecule has 2 heterocycles. The van der Waals surface area contributed by atoms with Crippen molar-refractivity contribution in [3.05, 3.63) is 23.8 Å². The van der Waals surface area contributed by atoms with Crippen LogP contribution in [0.4, 0.5) is 18.9 Å². The van der Waals surface area contributed by atoms with Crippen LogP contribution in [0.25, 0.3) is 0 Å². The lowest BCUT2D eigenvalue weighted by molar-refractivity contribution is -0.140. The SMILES string of the molecule is CN1CCN(C(=O)CC2CCN(c3ccc(S(N)(=O)=O)c(C(F)(F)F)c3)CC2)CC1. The number of hydrogen-bond acceptors (Lipinski definition) is 5. The lowest BCUT2D eigenvalue weighted by Gasteiger charge is -2.36. The van der Waals surface area contributed by atoms with Gasteiger partial charge < -0.3 is 14.7 Å². The maximum Gasteiger partial charge on any atom is 0.417 e. The van der Waals surface area contributed by atoms with Crippen molar-refractivity contribution in [3.8, 4) is 0 Å². The molecule has 1 aromatic carbocycles. The Morgan fingerprint density at radius 1 is 1.10 bits per heavy atom. The number of amides is 1. The summed E-state index contributed by atoms with van der Waals surface area (Å²) in [6.45, 7) is 4.19. The average Bonchev–Trinajstić information content (AvgIpc) is 2.67. The van der Waals surface area contributed by atoms with Crippen LogP contribution in [-0.2, 0) is 21.0 Å². The molecule has 7 nitrogen and oxygen atoms in total. The van der Waals surface area contributed by atoms with E-state index >= 15 is 0 Å². The van der Waals surface area contributed by atoms with Gasteiger partial charge in [0.15, 0.2) is 0 Å². The van der Waals surface area contributed by atoms with Crippen LogP contribution in [0, 0.1) is 5.92 Å². The summed E-state index contributed by atoms with van der Waals surface area (Å²) in [6.07, 6.45) is -2.99. The molecular formula is C19H27F3N4O3S. The fourth-order valence-corrected chi connectivity index (χ4v) is 4.75. The summed E-state index contributed by atoms with van der Waals surface area (Å²) < 4.78 is 63.1. The third kappa shape index (κ3) is 5.44. The van der Waals surface area contributed by atoms with E-state index in [-0.39, 0.29) is 11.8 Å². The van der Waals surface area contributed by atoms with E-state index in [1.807, 2.05) is 11.9 Å². The van der Waals surface area contributed by atoms with Crippen molar-refractivity contribution < 1.29 is 26.4 Å². The molecule has 0 aliphatic carbocycles. The van der Waals surface area contributed by atoms with Crippen molar-refractivity contribution in [2.45, 2.75) is 30.3 Å². The maximum atomic E-state index is 13.3. The first-order valence-corrected chi connectivity index (χ1v) is 11.4. The van der Waals surface area contributed by atoms with Gasteiger partial charge in [-0.1, -0.05) is 0 Å². The molecule has 0 aromatic heterocycles. The maximum absolute atomic E-state index is 13.3. The Hall–Kier alpha value is -1.85. The number of piperazine rings is 1. The van der Waals surface area contributed by atoms with Gasteiger partial charge in [0.05, 0.1) is 10.5 Å². The van der Waals surface area contributed by atoms with E-state index < -0.39 is 26.7 Å². The molecule has 0 radical (unpaired) electrons. The topological polar surface area (TPSA) is 86.9 Å². The molecule has 168 valence electrons. The summed E-state index contributed by atoms with van der Waals surface area (Å²) in [4.78, 5) is 17.4. The lowest BCUT2D eigenvalue weighted by Crippen LogP contribution is -2.47. The number of halogens is 3. The summed E-state index contributed by atoms with van der Waals surface area (Å²) in [6, 6.07) is 3.11. The van der Waals surface area contributed by atoms with E-state index in [1.165, 1.54) is 6.07 Å². The third-order valence-electron chi connectivity index (χ3n) is 5.87. The number of nitrogens with zero attached hydrogens (tertiary/aromatic N) is 3. The van der Waals surface area contributed by atoms with Gasteiger partial charge in [0.2, 0.25) is 15.9 Å². The molecule has 0 spiro atoms. The van der Waals surface area contributed by atoms with Crippen molar-refractivity contribution in [1.82, 2.24) is 9.80 Å². The van der Waals surface area contributed by atoms with E-state index in [0.717, 1.165) is 38.3 Å². The standard InChI is InChI=1S/C19H27F3N4O3S/c1-24-8-10-26(11-9-24)18(27)12-14-4-6-25(7-5-14)15-2-3-17(30(23,28)29)16(13-15)19(20,21)22/h2-3,13-14H,4-12H2,1H3,(H2,23,28,29). The molecule has 1 aromatic rings. The van der Waals surface area contributed by atoms with Gasteiger partial charge in [-0.3, -0.25) is 4.79 Å². The number of anilines is 1. The molecule has 0 unspecified atom stereocenters. The normalized spacial score (nSPS) is 19.9. The zero-order chi connectivity index (χ0) is 22.1. The highest BCUT2D eigenvalue weighted by molar-refractivity contribution is 7.89. The quantitative estimate of drug-likeness (QED) is 0.758. The molecule has 0 atom stereocenters. The number of nitrogens with two attached hydrogens (primary N) is 1. The number of carbonyl (C=O) groups is 1. The molecule has 2 fully saturated rings. The second-order valence-corrected chi connectivity index (χ2v) is 9.57. The predicted octanol–water partition coefficient (Wildman–Crippen LogP) is 1.73. The Labute approximate surface area is 174 Å². The van der Waals surface area contributed by atoms with Crippen LogP contribution in [0.3, 0.4) is 0 Å². The van der Waals surface area contributed by atoms with Crippen LogP contribution in [0.1, 0.15) is 24.8 Å². The monoisotopic (exact) mass is 448 g/mol. The van der Waals surface area contributed by atoms with Crippen molar-refractivity contribution in [1.29, 1.82) is 0 Å². The highest BCUT2D eigenvalue weighted by Crippen LogP contribution is 2.37. The number of likely N-dealkylation sites (N-methyl/N-ethyl adjacent to an activating group) is 1. The highest BCUT2D eigenvalue weighted by atomic mass is 32.2. The molecule has 2 aliphatic heterocycles. The fourth-order valence-electron chi connectivity index (χ4n) is 4.01. The summed E-state index contributed by atoms with van der Waals surface area (Å²) in [5.74, 6) is 0.331.